The Kier molecular flexibility index (Phi) is 8.26. The summed E-state index contributed by atoms with van der Waals surface area (Å²) in [5, 5.41) is 10.1. The summed E-state index contributed by atoms with van der Waals surface area (Å²) in [7, 11) is 4.07. The van der Waals surface area contributed by atoms with Crippen molar-refractivity contribution in [2.45, 2.75) is 33.2 Å². The zero-order valence-corrected chi connectivity index (χ0v) is 21.1. The molecule has 5 rings (SSSR count). The Morgan fingerprint density at radius 3 is 2.65 bits per heavy atom. The lowest BCUT2D eigenvalue weighted by atomic mass is 10.0. The predicted octanol–water partition coefficient (Wildman–Crippen LogP) is 6.29. The standard InChI is InChI=1S/C28H27ClN6O.CH4/c1-34(2)15-4-3-7-27(36)22-10-9-21(17-23(22)29)25-12-13-26-28(31-25)35(33-32-26)18-19-8-11-24-20(16-19)6-5-14-30-24;/h5-6,8-14,16-17H,3-4,7,15,18H2,1-2H3;1H4. The molecule has 0 fully saturated rings. The highest BCUT2D eigenvalue weighted by atomic mass is 35.5. The second-order valence-electron chi connectivity index (χ2n) is 9.19. The number of Topliss-reactive ketones (excluding diaryl/α,β-unsaturated/α-hetero) is 1. The van der Waals surface area contributed by atoms with Gasteiger partial charge in [0.1, 0.15) is 5.52 Å². The van der Waals surface area contributed by atoms with Gasteiger partial charge in [0.05, 0.1) is 22.8 Å². The third-order valence-electron chi connectivity index (χ3n) is 6.18. The van der Waals surface area contributed by atoms with Crippen LogP contribution in [0, 0.1) is 0 Å². The van der Waals surface area contributed by atoms with Crippen molar-refractivity contribution in [3.05, 3.63) is 83.0 Å². The molecule has 3 heterocycles. The molecule has 0 N–H and O–H groups in total. The van der Waals surface area contributed by atoms with Crippen LogP contribution in [0.15, 0.2) is 66.9 Å². The predicted molar refractivity (Wildman–Crippen MR) is 150 cm³/mol. The van der Waals surface area contributed by atoms with Gasteiger partial charge in [-0.3, -0.25) is 9.78 Å². The molecular formula is C29H31ClN6O. The molecule has 0 saturated carbocycles. The van der Waals surface area contributed by atoms with Gasteiger partial charge in [0.2, 0.25) is 0 Å². The maximum atomic E-state index is 12.7. The summed E-state index contributed by atoms with van der Waals surface area (Å²) in [6.45, 7) is 1.51. The Balaban J connectivity index is 0.00000320. The number of unbranched alkanes of at least 4 members (excludes halogenated alkanes) is 1. The summed E-state index contributed by atoms with van der Waals surface area (Å²) in [6.07, 6.45) is 4.11. The molecule has 0 bridgehead atoms. The topological polar surface area (TPSA) is 76.8 Å². The van der Waals surface area contributed by atoms with Crippen LogP contribution in [-0.4, -0.2) is 56.3 Å². The Morgan fingerprint density at radius 1 is 1.00 bits per heavy atom. The number of hydrogen-bond acceptors (Lipinski definition) is 6. The molecule has 0 amide bonds. The largest absolute Gasteiger partial charge is 0.309 e. The van der Waals surface area contributed by atoms with Gasteiger partial charge in [-0.05, 0) is 81.5 Å². The van der Waals surface area contributed by atoms with Gasteiger partial charge >= 0.3 is 0 Å². The molecule has 0 saturated heterocycles. The molecule has 0 unspecified atom stereocenters. The number of fused-ring (bicyclic) bond motifs is 2. The van der Waals surface area contributed by atoms with Crippen molar-refractivity contribution < 1.29 is 4.79 Å². The van der Waals surface area contributed by atoms with E-state index < -0.39 is 0 Å². The highest BCUT2D eigenvalue weighted by molar-refractivity contribution is 6.34. The van der Waals surface area contributed by atoms with Crippen molar-refractivity contribution in [3.63, 3.8) is 0 Å². The molecule has 0 atom stereocenters. The third-order valence-corrected chi connectivity index (χ3v) is 6.50. The number of carbonyl (C=O) groups is 1. The van der Waals surface area contributed by atoms with Gasteiger partial charge in [-0.2, -0.15) is 0 Å². The molecule has 0 aliphatic rings. The number of benzene rings is 2. The molecule has 8 heteroatoms. The van der Waals surface area contributed by atoms with E-state index in [9.17, 15) is 4.79 Å². The summed E-state index contributed by atoms with van der Waals surface area (Å²) in [5.74, 6) is 0.0709. The van der Waals surface area contributed by atoms with E-state index in [1.807, 2.05) is 62.6 Å². The molecule has 3 aromatic heterocycles. The molecule has 7 nitrogen and oxygen atoms in total. The van der Waals surface area contributed by atoms with E-state index in [1.165, 1.54) is 0 Å². The highest BCUT2D eigenvalue weighted by Crippen LogP contribution is 2.27. The lowest BCUT2D eigenvalue weighted by Gasteiger charge is -2.09. The van der Waals surface area contributed by atoms with Gasteiger partial charge in [0, 0.05) is 29.1 Å². The summed E-state index contributed by atoms with van der Waals surface area (Å²) in [6, 6.07) is 19.5. The lowest BCUT2D eigenvalue weighted by Crippen LogP contribution is -2.13. The van der Waals surface area contributed by atoms with Gasteiger partial charge in [-0.15, -0.1) is 5.10 Å². The van der Waals surface area contributed by atoms with E-state index in [-0.39, 0.29) is 13.2 Å². The van der Waals surface area contributed by atoms with Crippen LogP contribution in [0.3, 0.4) is 0 Å². The van der Waals surface area contributed by atoms with Crippen molar-refractivity contribution in [3.8, 4) is 11.3 Å². The number of nitrogens with zero attached hydrogens (tertiary/aromatic N) is 6. The normalized spacial score (nSPS) is 11.2. The van der Waals surface area contributed by atoms with Gasteiger partial charge in [-0.25, -0.2) is 9.67 Å². The molecule has 37 heavy (non-hydrogen) atoms. The second-order valence-corrected chi connectivity index (χ2v) is 9.60. The summed E-state index contributed by atoms with van der Waals surface area (Å²) < 4.78 is 1.80. The summed E-state index contributed by atoms with van der Waals surface area (Å²) >= 11 is 6.53. The van der Waals surface area contributed by atoms with Crippen LogP contribution in [0.2, 0.25) is 5.02 Å². The van der Waals surface area contributed by atoms with Crippen LogP contribution in [0.5, 0.6) is 0 Å². The number of pyridine rings is 2. The zero-order chi connectivity index (χ0) is 25.1. The second kappa shape index (κ2) is 11.6. The SMILES string of the molecule is C.CN(C)CCCCC(=O)c1ccc(-c2ccc3nnn(Cc4ccc5ncccc5c4)c3n2)cc1Cl. The van der Waals surface area contributed by atoms with Crippen LogP contribution in [0.4, 0.5) is 0 Å². The van der Waals surface area contributed by atoms with Crippen molar-refractivity contribution >= 4 is 39.5 Å². The van der Waals surface area contributed by atoms with Gasteiger partial charge in [0.15, 0.2) is 11.4 Å². The number of halogens is 1. The Hall–Kier alpha value is -3.68. The number of rotatable bonds is 9. The fourth-order valence-corrected chi connectivity index (χ4v) is 4.55. The van der Waals surface area contributed by atoms with Crippen molar-refractivity contribution in [1.29, 1.82) is 0 Å². The lowest BCUT2D eigenvalue weighted by molar-refractivity contribution is 0.0978. The van der Waals surface area contributed by atoms with E-state index in [0.29, 0.717) is 29.2 Å². The van der Waals surface area contributed by atoms with E-state index in [2.05, 4.69) is 26.3 Å². The molecule has 0 aliphatic heterocycles. The van der Waals surface area contributed by atoms with Crippen LogP contribution in [0.25, 0.3) is 33.3 Å². The minimum atomic E-state index is 0. The Labute approximate surface area is 222 Å². The van der Waals surface area contributed by atoms with Gasteiger partial charge < -0.3 is 4.90 Å². The van der Waals surface area contributed by atoms with Crippen LogP contribution in [-0.2, 0) is 6.54 Å². The number of carbonyl (C=O) groups excluding carboxylic acids is 1. The van der Waals surface area contributed by atoms with Gasteiger partial charge in [-0.1, -0.05) is 42.4 Å². The molecule has 2 aromatic carbocycles. The van der Waals surface area contributed by atoms with E-state index in [4.69, 9.17) is 16.6 Å². The van der Waals surface area contributed by atoms with Crippen LogP contribution < -0.4 is 0 Å². The number of aromatic nitrogens is 5. The van der Waals surface area contributed by atoms with Crippen LogP contribution in [0.1, 0.15) is 42.6 Å². The van der Waals surface area contributed by atoms with E-state index in [0.717, 1.165) is 52.6 Å². The van der Waals surface area contributed by atoms with Gasteiger partial charge in [0.25, 0.3) is 0 Å². The smallest absolute Gasteiger partial charge is 0.179 e. The zero-order valence-electron chi connectivity index (χ0n) is 20.4. The fourth-order valence-electron chi connectivity index (χ4n) is 4.27. The van der Waals surface area contributed by atoms with Crippen molar-refractivity contribution in [1.82, 2.24) is 29.9 Å². The fraction of sp³-hybridized carbons (Fsp3) is 0.276. The Morgan fingerprint density at radius 2 is 1.84 bits per heavy atom. The Bertz CT molecular complexity index is 1540. The third kappa shape index (κ3) is 6.01. The minimum Gasteiger partial charge on any atom is -0.309 e. The molecule has 190 valence electrons. The minimum absolute atomic E-state index is 0. The quantitative estimate of drug-likeness (QED) is 0.170. The monoisotopic (exact) mass is 514 g/mol. The first-order chi connectivity index (χ1) is 17.5. The summed E-state index contributed by atoms with van der Waals surface area (Å²) in [5.41, 5.74) is 5.61. The first kappa shape index (κ1) is 26.4. The first-order valence-electron chi connectivity index (χ1n) is 12.0. The molecule has 0 spiro atoms. The average molecular weight is 515 g/mol. The van der Waals surface area contributed by atoms with E-state index in [1.54, 1.807) is 16.9 Å². The molecule has 5 aromatic rings. The first-order valence-corrected chi connectivity index (χ1v) is 12.4. The highest BCUT2D eigenvalue weighted by Gasteiger charge is 2.14. The maximum Gasteiger partial charge on any atom is 0.179 e. The average Bonchev–Trinajstić information content (AvgIpc) is 3.28. The maximum absolute atomic E-state index is 12.7. The molecular weight excluding hydrogens is 484 g/mol. The van der Waals surface area contributed by atoms with Crippen LogP contribution >= 0.6 is 11.6 Å². The number of hydrogen-bond donors (Lipinski definition) is 0. The molecule has 0 radical (unpaired) electrons. The van der Waals surface area contributed by atoms with Crippen molar-refractivity contribution in [2.24, 2.45) is 0 Å². The summed E-state index contributed by atoms with van der Waals surface area (Å²) in [4.78, 5) is 24.0. The number of ketones is 1. The van der Waals surface area contributed by atoms with Crippen molar-refractivity contribution in [2.75, 3.05) is 20.6 Å². The van der Waals surface area contributed by atoms with E-state index >= 15 is 0 Å². The molecule has 0 aliphatic carbocycles.